The van der Waals surface area contributed by atoms with Gasteiger partial charge in [-0.15, -0.1) is 0 Å². The van der Waals surface area contributed by atoms with E-state index in [0.29, 0.717) is 18.2 Å². The lowest BCUT2D eigenvalue weighted by Gasteiger charge is -2.07. The van der Waals surface area contributed by atoms with Crippen molar-refractivity contribution in [2.24, 2.45) is 5.73 Å². The maximum atomic E-state index is 5.73. The van der Waals surface area contributed by atoms with Crippen molar-refractivity contribution in [3.8, 4) is 11.6 Å². The zero-order valence-corrected chi connectivity index (χ0v) is 10.8. The first-order valence-electron chi connectivity index (χ1n) is 6.10. The molecule has 0 spiro atoms. The lowest BCUT2D eigenvalue weighted by molar-refractivity contribution is 0.453. The van der Waals surface area contributed by atoms with Gasteiger partial charge >= 0.3 is 0 Å². The quantitative estimate of drug-likeness (QED) is 0.878. The molecule has 2 heterocycles. The van der Waals surface area contributed by atoms with Crippen LogP contribution >= 0.6 is 0 Å². The van der Waals surface area contributed by atoms with Crippen molar-refractivity contribution in [2.75, 3.05) is 0 Å². The zero-order valence-electron chi connectivity index (χ0n) is 10.8. The van der Waals surface area contributed by atoms with Gasteiger partial charge in [-0.2, -0.15) is 5.10 Å². The first-order valence-corrected chi connectivity index (χ1v) is 6.10. The molecule has 2 aromatic heterocycles. The Morgan fingerprint density at radius 1 is 1.39 bits per heavy atom. The molecule has 0 aliphatic heterocycles. The van der Waals surface area contributed by atoms with Crippen molar-refractivity contribution < 1.29 is 4.74 Å². The van der Waals surface area contributed by atoms with E-state index in [1.54, 1.807) is 6.20 Å². The molecular formula is C13H18N4O. The van der Waals surface area contributed by atoms with Gasteiger partial charge in [-0.1, -0.05) is 13.0 Å². The monoisotopic (exact) mass is 246 g/mol. The number of hydrogen-bond donors (Lipinski definition) is 1. The number of nitrogens with zero attached hydrogens (tertiary/aromatic N) is 3. The number of ether oxygens (including phenoxy) is 1. The highest BCUT2D eigenvalue weighted by Crippen LogP contribution is 2.22. The van der Waals surface area contributed by atoms with Gasteiger partial charge in [0.15, 0.2) is 5.75 Å². The van der Waals surface area contributed by atoms with Crippen molar-refractivity contribution in [1.82, 2.24) is 14.8 Å². The minimum absolute atomic E-state index is 0.408. The third-order valence-corrected chi connectivity index (χ3v) is 2.58. The van der Waals surface area contributed by atoms with Crippen LogP contribution < -0.4 is 10.5 Å². The molecule has 0 bridgehead atoms. The summed E-state index contributed by atoms with van der Waals surface area (Å²) < 4.78 is 7.59. The first-order chi connectivity index (χ1) is 8.72. The molecule has 0 fully saturated rings. The molecule has 0 aliphatic carbocycles. The number of hydrogen-bond acceptors (Lipinski definition) is 4. The smallest absolute Gasteiger partial charge is 0.224 e. The van der Waals surface area contributed by atoms with E-state index < -0.39 is 0 Å². The summed E-state index contributed by atoms with van der Waals surface area (Å²) >= 11 is 0. The van der Waals surface area contributed by atoms with E-state index in [1.165, 1.54) is 0 Å². The summed E-state index contributed by atoms with van der Waals surface area (Å²) in [5.41, 5.74) is 7.46. The molecule has 2 N–H and O–H groups in total. The number of aromatic nitrogens is 3. The fourth-order valence-corrected chi connectivity index (χ4v) is 1.67. The lowest BCUT2D eigenvalue weighted by Crippen LogP contribution is -2.02. The molecule has 2 rings (SSSR count). The van der Waals surface area contributed by atoms with Gasteiger partial charge in [-0.25, -0.2) is 4.98 Å². The van der Waals surface area contributed by atoms with Crippen LogP contribution in [0.25, 0.3) is 0 Å². The molecule has 96 valence electrons. The Kier molecular flexibility index (Phi) is 3.94. The Balaban J connectivity index is 2.19. The van der Waals surface area contributed by atoms with E-state index in [0.717, 1.165) is 24.2 Å². The van der Waals surface area contributed by atoms with Crippen LogP contribution in [-0.4, -0.2) is 14.8 Å². The number of nitrogens with two attached hydrogens (primary N) is 1. The molecule has 5 heteroatoms. The highest BCUT2D eigenvalue weighted by molar-refractivity contribution is 5.31. The van der Waals surface area contributed by atoms with Crippen molar-refractivity contribution >= 4 is 0 Å². The second-order valence-corrected chi connectivity index (χ2v) is 4.16. The predicted octanol–water partition coefficient (Wildman–Crippen LogP) is 2.25. The van der Waals surface area contributed by atoms with Gasteiger partial charge in [-0.05, 0) is 19.4 Å². The van der Waals surface area contributed by atoms with Crippen LogP contribution in [0.15, 0.2) is 24.5 Å². The minimum atomic E-state index is 0.408. The highest BCUT2D eigenvalue weighted by atomic mass is 16.5. The molecule has 0 atom stereocenters. The van der Waals surface area contributed by atoms with Gasteiger partial charge in [0.1, 0.15) is 0 Å². The van der Waals surface area contributed by atoms with Gasteiger partial charge in [0.05, 0.1) is 12.4 Å². The van der Waals surface area contributed by atoms with Crippen LogP contribution in [0.5, 0.6) is 11.6 Å². The summed E-state index contributed by atoms with van der Waals surface area (Å²) in [4.78, 5) is 4.36. The molecule has 0 saturated carbocycles. The van der Waals surface area contributed by atoms with Crippen LogP contribution in [-0.2, 0) is 13.1 Å². The van der Waals surface area contributed by atoms with Crippen LogP contribution in [0.3, 0.4) is 0 Å². The molecular weight excluding hydrogens is 228 g/mol. The summed E-state index contributed by atoms with van der Waals surface area (Å²) in [5.74, 6) is 1.25. The van der Waals surface area contributed by atoms with Crippen molar-refractivity contribution in [3.05, 3.63) is 35.8 Å². The highest BCUT2D eigenvalue weighted by Gasteiger charge is 2.07. The van der Waals surface area contributed by atoms with Crippen molar-refractivity contribution in [2.45, 2.75) is 33.4 Å². The van der Waals surface area contributed by atoms with Gasteiger partial charge in [0, 0.05) is 24.3 Å². The fourth-order valence-electron chi connectivity index (χ4n) is 1.67. The summed E-state index contributed by atoms with van der Waals surface area (Å²) in [7, 11) is 0. The second kappa shape index (κ2) is 5.64. The van der Waals surface area contributed by atoms with E-state index in [9.17, 15) is 0 Å². The van der Waals surface area contributed by atoms with Crippen LogP contribution in [0.2, 0.25) is 0 Å². The zero-order chi connectivity index (χ0) is 13.0. The Bertz CT molecular complexity index is 521. The Morgan fingerprint density at radius 3 is 2.94 bits per heavy atom. The van der Waals surface area contributed by atoms with E-state index in [4.69, 9.17) is 10.5 Å². The summed E-state index contributed by atoms with van der Waals surface area (Å²) in [6, 6.07) is 3.86. The van der Waals surface area contributed by atoms with Crippen molar-refractivity contribution in [1.29, 1.82) is 0 Å². The molecule has 0 radical (unpaired) electrons. The van der Waals surface area contributed by atoms with E-state index >= 15 is 0 Å². The molecule has 0 aromatic carbocycles. The maximum Gasteiger partial charge on any atom is 0.224 e. The second-order valence-electron chi connectivity index (χ2n) is 4.16. The number of rotatable bonds is 5. The fraction of sp³-hybridized carbons (Fsp3) is 0.385. The molecule has 0 saturated heterocycles. The molecule has 0 aliphatic rings. The van der Waals surface area contributed by atoms with Gasteiger partial charge < -0.3 is 10.5 Å². The average Bonchev–Trinajstić information content (AvgIpc) is 2.77. The van der Waals surface area contributed by atoms with Gasteiger partial charge in [0.25, 0.3) is 0 Å². The molecule has 0 unspecified atom stereocenters. The third-order valence-electron chi connectivity index (χ3n) is 2.58. The van der Waals surface area contributed by atoms with Crippen LogP contribution in [0.4, 0.5) is 0 Å². The molecule has 5 nitrogen and oxygen atoms in total. The largest absolute Gasteiger partial charge is 0.435 e. The SMILES string of the molecule is CCCn1cc(Oc2nc(C)ccc2CN)cn1. The topological polar surface area (TPSA) is 66.0 Å². The van der Waals surface area contributed by atoms with E-state index in [1.807, 2.05) is 29.9 Å². The minimum Gasteiger partial charge on any atom is -0.435 e. The lowest BCUT2D eigenvalue weighted by atomic mass is 10.2. The Hall–Kier alpha value is -1.88. The molecule has 0 amide bonds. The predicted molar refractivity (Wildman–Crippen MR) is 69.5 cm³/mol. The van der Waals surface area contributed by atoms with E-state index in [2.05, 4.69) is 17.0 Å². The summed E-state index contributed by atoms with van der Waals surface area (Å²) in [5, 5.41) is 4.21. The molecule has 2 aromatic rings. The summed E-state index contributed by atoms with van der Waals surface area (Å²) in [6.07, 6.45) is 4.60. The third kappa shape index (κ3) is 2.87. The van der Waals surface area contributed by atoms with Crippen LogP contribution in [0, 0.1) is 6.92 Å². The normalized spacial score (nSPS) is 10.6. The summed E-state index contributed by atoms with van der Waals surface area (Å²) in [6.45, 7) is 5.32. The van der Waals surface area contributed by atoms with Crippen molar-refractivity contribution in [3.63, 3.8) is 0 Å². The average molecular weight is 246 g/mol. The molecule has 18 heavy (non-hydrogen) atoms. The Morgan fingerprint density at radius 2 is 2.22 bits per heavy atom. The van der Waals surface area contributed by atoms with Crippen LogP contribution in [0.1, 0.15) is 24.6 Å². The Labute approximate surface area is 107 Å². The first kappa shape index (κ1) is 12.6. The maximum absolute atomic E-state index is 5.73. The van der Waals surface area contributed by atoms with E-state index in [-0.39, 0.29) is 0 Å². The standard InChI is InChI=1S/C13H18N4O/c1-3-6-17-9-12(8-15-17)18-13-11(7-14)5-4-10(2)16-13/h4-5,8-9H,3,6-7,14H2,1-2H3. The van der Waals surface area contributed by atoms with Gasteiger partial charge in [0.2, 0.25) is 5.88 Å². The number of pyridine rings is 1. The number of aryl methyl sites for hydroxylation is 2. The van der Waals surface area contributed by atoms with Gasteiger partial charge in [-0.3, -0.25) is 4.68 Å².